The van der Waals surface area contributed by atoms with E-state index in [1.165, 1.54) is 25.9 Å². The Morgan fingerprint density at radius 3 is 2.94 bits per heavy atom. The molecule has 88 valence electrons. The third-order valence-corrected chi connectivity index (χ3v) is 3.15. The standard InChI is InChI=1S/C12H20N4/c1-10(16-6-2-3-7-16)9-15-11-4-5-14-12(13)8-11/h4-5,8,10H,2-3,6-7,9H2,1H3,(H3,13,14,15). The van der Waals surface area contributed by atoms with Crippen LogP contribution < -0.4 is 11.1 Å². The van der Waals surface area contributed by atoms with E-state index in [2.05, 4.69) is 22.1 Å². The summed E-state index contributed by atoms with van der Waals surface area (Å²) >= 11 is 0. The highest BCUT2D eigenvalue weighted by molar-refractivity contribution is 5.49. The Bertz CT molecular complexity index is 334. The molecule has 1 unspecified atom stereocenters. The van der Waals surface area contributed by atoms with E-state index in [-0.39, 0.29) is 0 Å². The minimum Gasteiger partial charge on any atom is -0.384 e. The molecule has 3 N–H and O–H groups in total. The van der Waals surface area contributed by atoms with Gasteiger partial charge in [-0.05, 0) is 38.9 Å². The zero-order valence-corrected chi connectivity index (χ0v) is 9.82. The summed E-state index contributed by atoms with van der Waals surface area (Å²) in [7, 11) is 0. The minimum atomic E-state index is 0.568. The summed E-state index contributed by atoms with van der Waals surface area (Å²) < 4.78 is 0. The van der Waals surface area contributed by atoms with Gasteiger partial charge in [0, 0.05) is 30.5 Å². The van der Waals surface area contributed by atoms with Gasteiger partial charge in [-0.15, -0.1) is 0 Å². The van der Waals surface area contributed by atoms with Gasteiger partial charge in [0.1, 0.15) is 5.82 Å². The second kappa shape index (κ2) is 5.16. The van der Waals surface area contributed by atoms with Gasteiger partial charge >= 0.3 is 0 Å². The number of pyridine rings is 1. The summed E-state index contributed by atoms with van der Waals surface area (Å²) in [4.78, 5) is 6.50. The van der Waals surface area contributed by atoms with Crippen LogP contribution in [0.2, 0.25) is 0 Å². The van der Waals surface area contributed by atoms with Crippen LogP contribution in [0.1, 0.15) is 19.8 Å². The maximum absolute atomic E-state index is 5.63. The zero-order valence-electron chi connectivity index (χ0n) is 9.82. The van der Waals surface area contributed by atoms with Crippen LogP contribution >= 0.6 is 0 Å². The van der Waals surface area contributed by atoms with Crippen molar-refractivity contribution in [2.45, 2.75) is 25.8 Å². The molecule has 1 atom stereocenters. The Balaban J connectivity index is 1.82. The summed E-state index contributed by atoms with van der Waals surface area (Å²) in [6.45, 7) is 5.70. The number of anilines is 2. The quantitative estimate of drug-likeness (QED) is 0.808. The van der Waals surface area contributed by atoms with Crippen molar-refractivity contribution in [3.05, 3.63) is 18.3 Å². The lowest BCUT2D eigenvalue weighted by Crippen LogP contribution is -2.35. The molecule has 1 fully saturated rings. The van der Waals surface area contributed by atoms with Crippen LogP contribution in [-0.2, 0) is 0 Å². The van der Waals surface area contributed by atoms with Gasteiger partial charge in [0.2, 0.25) is 0 Å². The number of aromatic nitrogens is 1. The van der Waals surface area contributed by atoms with Gasteiger partial charge in [-0.25, -0.2) is 4.98 Å². The maximum Gasteiger partial charge on any atom is 0.125 e. The van der Waals surface area contributed by atoms with Crippen LogP contribution in [0.3, 0.4) is 0 Å². The first kappa shape index (κ1) is 11.2. The van der Waals surface area contributed by atoms with Gasteiger partial charge in [-0.3, -0.25) is 4.90 Å². The van der Waals surface area contributed by atoms with Crippen LogP contribution in [0.4, 0.5) is 11.5 Å². The molecule has 0 aliphatic carbocycles. The molecule has 0 bridgehead atoms. The van der Waals surface area contributed by atoms with Gasteiger partial charge in [-0.2, -0.15) is 0 Å². The predicted octanol–water partition coefficient (Wildman–Crippen LogP) is 1.56. The van der Waals surface area contributed by atoms with Crippen molar-refractivity contribution in [3.63, 3.8) is 0 Å². The molecule has 0 aromatic carbocycles. The summed E-state index contributed by atoms with van der Waals surface area (Å²) in [6, 6.07) is 4.40. The summed E-state index contributed by atoms with van der Waals surface area (Å²) in [5.74, 6) is 0.568. The highest BCUT2D eigenvalue weighted by atomic mass is 15.2. The predicted molar refractivity (Wildman–Crippen MR) is 67.4 cm³/mol. The average Bonchev–Trinajstić information content (AvgIpc) is 2.79. The van der Waals surface area contributed by atoms with Crippen LogP contribution in [0.15, 0.2) is 18.3 Å². The van der Waals surface area contributed by atoms with E-state index in [1.807, 2.05) is 12.1 Å². The van der Waals surface area contributed by atoms with Crippen molar-refractivity contribution in [3.8, 4) is 0 Å². The van der Waals surface area contributed by atoms with E-state index in [9.17, 15) is 0 Å². The molecule has 0 amide bonds. The normalized spacial score (nSPS) is 18.6. The van der Waals surface area contributed by atoms with Crippen molar-refractivity contribution >= 4 is 11.5 Å². The first-order valence-electron chi connectivity index (χ1n) is 5.95. The van der Waals surface area contributed by atoms with Crippen LogP contribution in [0, 0.1) is 0 Å². The number of nitrogens with zero attached hydrogens (tertiary/aromatic N) is 2. The molecule has 2 heterocycles. The molecular formula is C12H20N4. The minimum absolute atomic E-state index is 0.568. The van der Waals surface area contributed by atoms with Crippen LogP contribution in [0.25, 0.3) is 0 Å². The third kappa shape index (κ3) is 2.85. The number of hydrogen-bond donors (Lipinski definition) is 2. The van der Waals surface area contributed by atoms with Gasteiger partial charge in [0.25, 0.3) is 0 Å². The monoisotopic (exact) mass is 220 g/mol. The molecule has 0 radical (unpaired) electrons. The van der Waals surface area contributed by atoms with E-state index >= 15 is 0 Å². The van der Waals surface area contributed by atoms with E-state index in [0.29, 0.717) is 11.9 Å². The highest BCUT2D eigenvalue weighted by Gasteiger charge is 2.17. The number of hydrogen-bond acceptors (Lipinski definition) is 4. The Hall–Kier alpha value is -1.29. The number of likely N-dealkylation sites (tertiary alicyclic amines) is 1. The number of nitrogens with one attached hydrogen (secondary N) is 1. The summed E-state index contributed by atoms with van der Waals surface area (Å²) in [6.07, 6.45) is 4.41. The highest BCUT2D eigenvalue weighted by Crippen LogP contribution is 2.13. The molecule has 1 aromatic rings. The molecular weight excluding hydrogens is 200 g/mol. The van der Waals surface area contributed by atoms with E-state index in [0.717, 1.165) is 12.2 Å². The Labute approximate surface area is 96.8 Å². The van der Waals surface area contributed by atoms with Crippen molar-refractivity contribution in [2.75, 3.05) is 30.7 Å². The largest absolute Gasteiger partial charge is 0.384 e. The van der Waals surface area contributed by atoms with E-state index < -0.39 is 0 Å². The molecule has 1 aliphatic rings. The Morgan fingerprint density at radius 2 is 2.25 bits per heavy atom. The topological polar surface area (TPSA) is 54.2 Å². The number of rotatable bonds is 4. The smallest absolute Gasteiger partial charge is 0.125 e. The lowest BCUT2D eigenvalue weighted by atomic mass is 10.3. The van der Waals surface area contributed by atoms with Crippen LogP contribution in [0.5, 0.6) is 0 Å². The Morgan fingerprint density at radius 1 is 1.50 bits per heavy atom. The van der Waals surface area contributed by atoms with Crippen LogP contribution in [-0.4, -0.2) is 35.6 Å². The fourth-order valence-electron chi connectivity index (χ4n) is 2.14. The molecule has 1 aromatic heterocycles. The zero-order chi connectivity index (χ0) is 11.4. The second-order valence-electron chi connectivity index (χ2n) is 4.44. The van der Waals surface area contributed by atoms with Gasteiger partial charge in [-0.1, -0.05) is 0 Å². The first-order valence-corrected chi connectivity index (χ1v) is 5.95. The molecule has 4 heteroatoms. The van der Waals surface area contributed by atoms with Gasteiger partial charge < -0.3 is 11.1 Å². The molecule has 0 spiro atoms. The van der Waals surface area contributed by atoms with E-state index in [1.54, 1.807) is 6.20 Å². The first-order chi connectivity index (χ1) is 7.75. The number of nitrogens with two attached hydrogens (primary N) is 1. The molecule has 16 heavy (non-hydrogen) atoms. The maximum atomic E-state index is 5.63. The Kier molecular flexibility index (Phi) is 3.62. The van der Waals surface area contributed by atoms with Gasteiger partial charge in [0.15, 0.2) is 0 Å². The van der Waals surface area contributed by atoms with Gasteiger partial charge in [0.05, 0.1) is 0 Å². The molecule has 2 rings (SSSR count). The van der Waals surface area contributed by atoms with Crippen molar-refractivity contribution in [1.82, 2.24) is 9.88 Å². The fraction of sp³-hybridized carbons (Fsp3) is 0.583. The molecule has 1 saturated heterocycles. The lowest BCUT2D eigenvalue weighted by Gasteiger charge is -2.24. The number of nitrogen functional groups attached to an aromatic ring is 1. The molecule has 0 saturated carbocycles. The van der Waals surface area contributed by atoms with Crippen molar-refractivity contribution < 1.29 is 0 Å². The van der Waals surface area contributed by atoms with E-state index in [4.69, 9.17) is 5.73 Å². The SMILES string of the molecule is CC(CNc1ccnc(N)c1)N1CCCC1. The molecule has 4 nitrogen and oxygen atoms in total. The third-order valence-electron chi connectivity index (χ3n) is 3.15. The second-order valence-corrected chi connectivity index (χ2v) is 4.44. The molecule has 1 aliphatic heterocycles. The average molecular weight is 220 g/mol. The van der Waals surface area contributed by atoms with Crippen molar-refractivity contribution in [1.29, 1.82) is 0 Å². The fourth-order valence-corrected chi connectivity index (χ4v) is 2.14. The summed E-state index contributed by atoms with van der Waals surface area (Å²) in [5.41, 5.74) is 6.68. The lowest BCUT2D eigenvalue weighted by molar-refractivity contribution is 0.269. The summed E-state index contributed by atoms with van der Waals surface area (Å²) in [5, 5.41) is 3.40. The van der Waals surface area contributed by atoms with Crippen molar-refractivity contribution in [2.24, 2.45) is 0 Å².